The molecule has 1 amide bonds. The number of carboxylic acids is 1. The van der Waals surface area contributed by atoms with E-state index in [0.717, 1.165) is 5.39 Å². The van der Waals surface area contributed by atoms with E-state index in [4.69, 9.17) is 16.7 Å². The van der Waals surface area contributed by atoms with Crippen molar-refractivity contribution in [2.45, 2.75) is 12.8 Å². The first-order valence-corrected chi connectivity index (χ1v) is 7.51. The van der Waals surface area contributed by atoms with Crippen molar-refractivity contribution in [1.82, 2.24) is 9.88 Å². The Morgan fingerprint density at radius 2 is 2.05 bits per heavy atom. The maximum atomic E-state index is 12.5. The average Bonchev–Trinajstić information content (AvgIpc) is 2.53. The number of halogens is 1. The Balaban J connectivity index is 1.86. The molecule has 6 heteroatoms. The van der Waals surface area contributed by atoms with Crippen molar-refractivity contribution in [3.8, 4) is 0 Å². The van der Waals surface area contributed by atoms with Gasteiger partial charge in [-0.05, 0) is 31.0 Å². The highest BCUT2D eigenvalue weighted by atomic mass is 35.5. The van der Waals surface area contributed by atoms with Crippen LogP contribution in [0.4, 0.5) is 0 Å². The van der Waals surface area contributed by atoms with Crippen LogP contribution in [0.2, 0.25) is 5.02 Å². The van der Waals surface area contributed by atoms with Gasteiger partial charge in [0.25, 0.3) is 5.91 Å². The lowest BCUT2D eigenvalue weighted by Crippen LogP contribution is -2.42. The lowest BCUT2D eigenvalue weighted by atomic mass is 9.98. The summed E-state index contributed by atoms with van der Waals surface area (Å²) in [5, 5.41) is 10.6. The number of pyridine rings is 1. The molecule has 3 rings (SSSR count). The Labute approximate surface area is 132 Å². The fourth-order valence-electron chi connectivity index (χ4n) is 2.73. The van der Waals surface area contributed by atoms with Crippen LogP contribution in [-0.2, 0) is 4.79 Å². The van der Waals surface area contributed by atoms with Crippen molar-refractivity contribution >= 4 is 34.4 Å². The summed E-state index contributed by atoms with van der Waals surface area (Å²) in [6, 6.07) is 8.83. The molecular formula is C16H15ClN2O3. The second-order valence-corrected chi connectivity index (χ2v) is 5.90. The smallest absolute Gasteiger partial charge is 0.308 e. The zero-order valence-electron chi connectivity index (χ0n) is 11.8. The maximum absolute atomic E-state index is 12.5. The molecule has 1 aromatic carbocycles. The van der Waals surface area contributed by atoms with Gasteiger partial charge in [0.15, 0.2) is 0 Å². The summed E-state index contributed by atoms with van der Waals surface area (Å²) in [6.07, 6.45) is 1.31. The van der Waals surface area contributed by atoms with Gasteiger partial charge < -0.3 is 10.0 Å². The van der Waals surface area contributed by atoms with Crippen molar-refractivity contribution in [1.29, 1.82) is 0 Å². The lowest BCUT2D eigenvalue weighted by molar-refractivity contribution is -0.143. The molecule has 0 saturated carbocycles. The number of fused-ring (bicyclic) bond motifs is 1. The molecule has 0 radical (unpaired) electrons. The monoisotopic (exact) mass is 318 g/mol. The van der Waals surface area contributed by atoms with Gasteiger partial charge >= 0.3 is 5.97 Å². The normalized spacial score (nSPS) is 18.4. The van der Waals surface area contributed by atoms with Crippen LogP contribution in [0, 0.1) is 5.92 Å². The first-order valence-electron chi connectivity index (χ1n) is 7.13. The number of aromatic nitrogens is 1. The number of hydrogen-bond donors (Lipinski definition) is 1. The highest BCUT2D eigenvalue weighted by Crippen LogP contribution is 2.21. The van der Waals surface area contributed by atoms with Crippen LogP contribution in [0.15, 0.2) is 30.3 Å². The van der Waals surface area contributed by atoms with Gasteiger partial charge in [-0.25, -0.2) is 4.98 Å². The van der Waals surface area contributed by atoms with Crippen LogP contribution < -0.4 is 0 Å². The quantitative estimate of drug-likeness (QED) is 0.924. The van der Waals surface area contributed by atoms with Crippen LogP contribution in [0.5, 0.6) is 0 Å². The van der Waals surface area contributed by atoms with E-state index in [9.17, 15) is 9.59 Å². The van der Waals surface area contributed by atoms with Crippen LogP contribution in [0.25, 0.3) is 10.9 Å². The largest absolute Gasteiger partial charge is 0.481 e. The molecule has 1 atom stereocenters. The Hall–Kier alpha value is -2.14. The molecule has 2 aromatic rings. The van der Waals surface area contributed by atoms with Gasteiger partial charge in [0.05, 0.1) is 11.4 Å². The first-order chi connectivity index (χ1) is 10.5. The molecule has 2 heterocycles. The molecule has 0 bridgehead atoms. The molecule has 1 aliphatic rings. The molecule has 1 N–H and O–H groups in total. The van der Waals surface area contributed by atoms with Gasteiger partial charge in [-0.1, -0.05) is 23.7 Å². The molecule has 5 nitrogen and oxygen atoms in total. The van der Waals surface area contributed by atoms with E-state index >= 15 is 0 Å². The van der Waals surface area contributed by atoms with Crippen molar-refractivity contribution < 1.29 is 14.7 Å². The van der Waals surface area contributed by atoms with Gasteiger partial charge in [-0.2, -0.15) is 0 Å². The Morgan fingerprint density at radius 3 is 2.82 bits per heavy atom. The topological polar surface area (TPSA) is 70.5 Å². The van der Waals surface area contributed by atoms with E-state index in [1.165, 1.54) is 0 Å². The van der Waals surface area contributed by atoms with Gasteiger partial charge in [0.2, 0.25) is 0 Å². The Kier molecular flexibility index (Phi) is 3.98. The number of benzene rings is 1. The van der Waals surface area contributed by atoms with Crippen molar-refractivity contribution in [2.75, 3.05) is 13.1 Å². The van der Waals surface area contributed by atoms with E-state index in [2.05, 4.69) is 4.98 Å². The minimum Gasteiger partial charge on any atom is -0.481 e. The third-order valence-corrected chi connectivity index (χ3v) is 4.17. The summed E-state index contributed by atoms with van der Waals surface area (Å²) in [4.78, 5) is 29.6. The summed E-state index contributed by atoms with van der Waals surface area (Å²) in [6.45, 7) is 0.807. The van der Waals surface area contributed by atoms with Crippen LogP contribution in [0.1, 0.15) is 23.3 Å². The molecule has 0 spiro atoms. The number of piperidine rings is 1. The van der Waals surface area contributed by atoms with E-state index in [0.29, 0.717) is 35.6 Å². The van der Waals surface area contributed by atoms with Gasteiger partial charge in [0, 0.05) is 23.5 Å². The number of hydrogen-bond acceptors (Lipinski definition) is 3. The number of likely N-dealkylation sites (tertiary alicyclic amines) is 1. The van der Waals surface area contributed by atoms with Crippen molar-refractivity contribution in [2.24, 2.45) is 5.92 Å². The Bertz CT molecular complexity index is 747. The van der Waals surface area contributed by atoms with Crippen LogP contribution >= 0.6 is 11.6 Å². The highest BCUT2D eigenvalue weighted by molar-refractivity contribution is 6.31. The van der Waals surface area contributed by atoms with Crippen molar-refractivity contribution in [3.63, 3.8) is 0 Å². The average molecular weight is 319 g/mol. The standard InChI is InChI=1S/C16H15ClN2O3/c17-12-5-3-10-4-6-13(18-14(10)8-12)15(20)19-7-1-2-11(9-19)16(21)22/h3-6,8,11H,1-2,7,9H2,(H,21,22). The number of rotatable bonds is 2. The summed E-state index contributed by atoms with van der Waals surface area (Å²) in [7, 11) is 0. The first kappa shape index (κ1) is 14.8. The second-order valence-electron chi connectivity index (χ2n) is 5.46. The maximum Gasteiger partial charge on any atom is 0.308 e. The number of carbonyl (C=O) groups is 2. The summed E-state index contributed by atoms with van der Waals surface area (Å²) >= 11 is 5.95. The van der Waals surface area contributed by atoms with Crippen LogP contribution in [0.3, 0.4) is 0 Å². The summed E-state index contributed by atoms with van der Waals surface area (Å²) in [5.41, 5.74) is 0.978. The van der Waals surface area contributed by atoms with E-state index in [1.807, 2.05) is 12.1 Å². The second kappa shape index (κ2) is 5.93. The number of amides is 1. The molecule has 1 aliphatic heterocycles. The van der Waals surface area contributed by atoms with E-state index < -0.39 is 11.9 Å². The fourth-order valence-corrected chi connectivity index (χ4v) is 2.90. The minimum atomic E-state index is -0.851. The Morgan fingerprint density at radius 1 is 1.27 bits per heavy atom. The third kappa shape index (κ3) is 2.90. The predicted molar refractivity (Wildman–Crippen MR) is 83.0 cm³/mol. The van der Waals surface area contributed by atoms with Gasteiger partial charge in [0.1, 0.15) is 5.69 Å². The van der Waals surface area contributed by atoms with E-state index in [1.54, 1.807) is 23.1 Å². The number of aliphatic carboxylic acids is 1. The molecule has 0 aliphatic carbocycles. The number of nitrogens with zero attached hydrogens (tertiary/aromatic N) is 2. The SMILES string of the molecule is O=C(O)C1CCCN(C(=O)c2ccc3ccc(Cl)cc3n2)C1. The fraction of sp³-hybridized carbons (Fsp3) is 0.312. The molecule has 114 valence electrons. The zero-order chi connectivity index (χ0) is 15.7. The third-order valence-electron chi connectivity index (χ3n) is 3.93. The van der Waals surface area contributed by atoms with E-state index in [-0.39, 0.29) is 12.5 Å². The molecule has 1 saturated heterocycles. The lowest BCUT2D eigenvalue weighted by Gasteiger charge is -2.30. The molecule has 1 unspecified atom stereocenters. The van der Waals surface area contributed by atoms with Crippen LogP contribution in [-0.4, -0.2) is 40.0 Å². The van der Waals surface area contributed by atoms with Gasteiger partial charge in [-0.3, -0.25) is 9.59 Å². The zero-order valence-corrected chi connectivity index (χ0v) is 12.6. The summed E-state index contributed by atoms with van der Waals surface area (Å²) in [5.74, 6) is -1.57. The summed E-state index contributed by atoms with van der Waals surface area (Å²) < 4.78 is 0. The molecular weight excluding hydrogens is 304 g/mol. The molecule has 1 aromatic heterocycles. The van der Waals surface area contributed by atoms with Crippen molar-refractivity contribution in [3.05, 3.63) is 41.0 Å². The number of carbonyl (C=O) groups excluding carboxylic acids is 1. The minimum absolute atomic E-state index is 0.229. The number of carboxylic acid groups (broad SMARTS) is 1. The molecule has 1 fully saturated rings. The van der Waals surface area contributed by atoms with Gasteiger partial charge in [-0.15, -0.1) is 0 Å². The molecule has 22 heavy (non-hydrogen) atoms. The highest BCUT2D eigenvalue weighted by Gasteiger charge is 2.29. The predicted octanol–water partition coefficient (Wildman–Crippen LogP) is 2.83.